The molecular weight excluding hydrogens is 364 g/mol. The fraction of sp³-hybridized carbons (Fsp3) is 0.474. The number of amides is 1. The summed E-state index contributed by atoms with van der Waals surface area (Å²) in [4.78, 5) is 12.6. The topological polar surface area (TPSA) is 93.1 Å². The van der Waals surface area contributed by atoms with Gasteiger partial charge in [0, 0.05) is 18.4 Å². The van der Waals surface area contributed by atoms with Gasteiger partial charge < -0.3 is 5.32 Å². The third-order valence-electron chi connectivity index (χ3n) is 5.38. The van der Waals surface area contributed by atoms with E-state index >= 15 is 0 Å². The SMILES string of the molecule is O=C(Cn1cccn1)NC1CCc2ccc(S(=O)(=O)NC3CCCC3)cc21. The van der Waals surface area contributed by atoms with Crippen LogP contribution in [0.4, 0.5) is 0 Å². The van der Waals surface area contributed by atoms with Gasteiger partial charge >= 0.3 is 0 Å². The van der Waals surface area contributed by atoms with E-state index in [1.165, 1.54) is 0 Å². The Hall–Kier alpha value is -2.19. The van der Waals surface area contributed by atoms with Gasteiger partial charge in [0.2, 0.25) is 15.9 Å². The minimum absolute atomic E-state index is 0.0350. The van der Waals surface area contributed by atoms with Crippen molar-refractivity contribution in [1.82, 2.24) is 19.8 Å². The molecule has 1 aromatic carbocycles. The average Bonchev–Trinajstić information content (AvgIpc) is 3.37. The van der Waals surface area contributed by atoms with E-state index in [0.29, 0.717) is 0 Å². The second-order valence-electron chi connectivity index (χ2n) is 7.33. The molecule has 27 heavy (non-hydrogen) atoms. The predicted octanol–water partition coefficient (Wildman–Crippen LogP) is 1.91. The molecule has 2 aliphatic carbocycles. The second-order valence-corrected chi connectivity index (χ2v) is 9.04. The van der Waals surface area contributed by atoms with E-state index < -0.39 is 10.0 Å². The number of benzene rings is 1. The third kappa shape index (κ3) is 4.06. The molecule has 1 saturated carbocycles. The number of sulfonamides is 1. The van der Waals surface area contributed by atoms with Gasteiger partial charge in [0.05, 0.1) is 10.9 Å². The molecule has 144 valence electrons. The number of nitrogens with zero attached hydrogens (tertiary/aromatic N) is 2. The molecule has 2 N–H and O–H groups in total. The summed E-state index contributed by atoms with van der Waals surface area (Å²) in [6, 6.07) is 6.91. The minimum Gasteiger partial charge on any atom is -0.348 e. The van der Waals surface area contributed by atoms with E-state index in [2.05, 4.69) is 15.1 Å². The van der Waals surface area contributed by atoms with Crippen molar-refractivity contribution in [2.45, 2.75) is 62.0 Å². The number of hydrogen-bond acceptors (Lipinski definition) is 4. The van der Waals surface area contributed by atoms with Gasteiger partial charge in [0.1, 0.15) is 6.54 Å². The number of aryl methyl sites for hydroxylation is 1. The maximum Gasteiger partial charge on any atom is 0.242 e. The molecule has 1 unspecified atom stereocenters. The van der Waals surface area contributed by atoms with Crippen molar-refractivity contribution in [2.75, 3.05) is 0 Å². The standard InChI is InChI=1S/C19H24N4O3S/c24-19(13-23-11-3-10-20-23)21-18-9-7-14-6-8-16(12-17(14)18)27(25,26)22-15-4-1-2-5-15/h3,6,8,10-12,15,18,22H,1-2,4-5,7,9,13H2,(H,21,24). The van der Waals surface area contributed by atoms with Gasteiger partial charge in [0.25, 0.3) is 0 Å². The van der Waals surface area contributed by atoms with Crippen LogP contribution in [-0.2, 0) is 27.8 Å². The van der Waals surface area contributed by atoms with Crippen LogP contribution in [0.2, 0.25) is 0 Å². The zero-order valence-corrected chi connectivity index (χ0v) is 15.9. The summed E-state index contributed by atoms with van der Waals surface area (Å²) in [6.45, 7) is 0.153. The lowest BCUT2D eigenvalue weighted by molar-refractivity contribution is -0.122. The van der Waals surface area contributed by atoms with Crippen molar-refractivity contribution in [3.63, 3.8) is 0 Å². The summed E-state index contributed by atoms with van der Waals surface area (Å²) < 4.78 is 29.8. The first-order valence-corrected chi connectivity index (χ1v) is 10.9. The quantitative estimate of drug-likeness (QED) is 0.791. The smallest absolute Gasteiger partial charge is 0.242 e. The average molecular weight is 388 g/mol. The highest BCUT2D eigenvalue weighted by Crippen LogP contribution is 2.33. The van der Waals surface area contributed by atoms with Crippen LogP contribution in [0.1, 0.15) is 49.3 Å². The van der Waals surface area contributed by atoms with Gasteiger partial charge in [-0.15, -0.1) is 0 Å². The third-order valence-corrected chi connectivity index (χ3v) is 6.90. The van der Waals surface area contributed by atoms with Crippen LogP contribution in [0.15, 0.2) is 41.6 Å². The van der Waals surface area contributed by atoms with E-state index in [9.17, 15) is 13.2 Å². The molecule has 0 aliphatic heterocycles. The normalized spacial score (nSPS) is 19.9. The Kier molecular flexibility index (Phi) is 5.01. The Morgan fingerprint density at radius 3 is 2.78 bits per heavy atom. The molecule has 1 amide bonds. The Morgan fingerprint density at radius 1 is 1.22 bits per heavy atom. The maximum atomic E-state index is 12.7. The van der Waals surface area contributed by atoms with Gasteiger partial charge in [-0.05, 0) is 55.0 Å². The highest BCUT2D eigenvalue weighted by atomic mass is 32.2. The first-order valence-electron chi connectivity index (χ1n) is 9.43. The Bertz CT molecular complexity index is 918. The van der Waals surface area contributed by atoms with E-state index in [1.807, 2.05) is 6.07 Å². The number of carbonyl (C=O) groups excluding carboxylic acids is 1. The first-order chi connectivity index (χ1) is 13.0. The zero-order chi connectivity index (χ0) is 18.9. The highest BCUT2D eigenvalue weighted by Gasteiger charge is 2.28. The van der Waals surface area contributed by atoms with Crippen molar-refractivity contribution in [1.29, 1.82) is 0 Å². The number of aromatic nitrogens is 2. The van der Waals surface area contributed by atoms with Gasteiger partial charge in [-0.2, -0.15) is 5.10 Å². The summed E-state index contributed by atoms with van der Waals surface area (Å²) >= 11 is 0. The molecule has 0 spiro atoms. The number of fused-ring (bicyclic) bond motifs is 1. The van der Waals surface area contributed by atoms with Crippen molar-refractivity contribution in [2.24, 2.45) is 0 Å². The molecule has 7 nitrogen and oxygen atoms in total. The predicted molar refractivity (Wildman–Crippen MR) is 100 cm³/mol. The lowest BCUT2D eigenvalue weighted by atomic mass is 10.1. The Balaban J connectivity index is 1.49. The van der Waals surface area contributed by atoms with Gasteiger partial charge in [0.15, 0.2) is 0 Å². The number of hydrogen-bond donors (Lipinski definition) is 2. The van der Waals surface area contributed by atoms with E-state index in [1.54, 1.807) is 35.3 Å². The fourth-order valence-corrected chi connectivity index (χ4v) is 5.35. The summed E-state index contributed by atoms with van der Waals surface area (Å²) in [5.41, 5.74) is 2.00. The molecule has 1 atom stereocenters. The van der Waals surface area contributed by atoms with Crippen LogP contribution in [0, 0.1) is 0 Å². The van der Waals surface area contributed by atoms with Crippen LogP contribution in [0.25, 0.3) is 0 Å². The van der Waals surface area contributed by atoms with Gasteiger partial charge in [-0.1, -0.05) is 18.9 Å². The second kappa shape index (κ2) is 7.44. The van der Waals surface area contributed by atoms with E-state index in [0.717, 1.165) is 49.7 Å². The molecule has 8 heteroatoms. The van der Waals surface area contributed by atoms with E-state index in [4.69, 9.17) is 0 Å². The molecule has 0 radical (unpaired) electrons. The fourth-order valence-electron chi connectivity index (χ4n) is 4.01. The highest BCUT2D eigenvalue weighted by molar-refractivity contribution is 7.89. The first kappa shape index (κ1) is 18.2. The number of nitrogens with one attached hydrogen (secondary N) is 2. The maximum absolute atomic E-state index is 12.7. The van der Waals surface area contributed by atoms with Crippen LogP contribution < -0.4 is 10.0 Å². The Labute approximate surface area is 159 Å². The number of rotatable bonds is 6. The molecular formula is C19H24N4O3S. The molecule has 0 bridgehead atoms. The van der Waals surface area contributed by atoms with Crippen molar-refractivity contribution < 1.29 is 13.2 Å². The van der Waals surface area contributed by atoms with Crippen LogP contribution in [0.3, 0.4) is 0 Å². The van der Waals surface area contributed by atoms with Crippen LogP contribution in [-0.4, -0.2) is 30.1 Å². The van der Waals surface area contributed by atoms with Crippen LogP contribution >= 0.6 is 0 Å². The largest absolute Gasteiger partial charge is 0.348 e. The molecule has 2 aromatic rings. The minimum atomic E-state index is -3.54. The zero-order valence-electron chi connectivity index (χ0n) is 15.1. The van der Waals surface area contributed by atoms with Gasteiger partial charge in [-0.25, -0.2) is 13.1 Å². The summed E-state index contributed by atoms with van der Waals surface area (Å²) in [5.74, 6) is -0.131. The molecule has 4 rings (SSSR count). The lowest BCUT2D eigenvalue weighted by Gasteiger charge is -2.16. The van der Waals surface area contributed by atoms with Gasteiger partial charge in [-0.3, -0.25) is 9.48 Å². The van der Waals surface area contributed by atoms with Crippen LogP contribution in [0.5, 0.6) is 0 Å². The van der Waals surface area contributed by atoms with Crippen molar-refractivity contribution in [3.05, 3.63) is 47.8 Å². The summed E-state index contributed by atoms with van der Waals surface area (Å²) in [5, 5.41) is 7.05. The molecule has 0 saturated heterocycles. The lowest BCUT2D eigenvalue weighted by Crippen LogP contribution is -2.33. The molecule has 1 fully saturated rings. The monoisotopic (exact) mass is 388 g/mol. The molecule has 1 aromatic heterocycles. The van der Waals surface area contributed by atoms with Crippen molar-refractivity contribution >= 4 is 15.9 Å². The number of carbonyl (C=O) groups is 1. The van der Waals surface area contributed by atoms with Crippen molar-refractivity contribution in [3.8, 4) is 0 Å². The van der Waals surface area contributed by atoms with E-state index in [-0.39, 0.29) is 29.4 Å². The summed E-state index contributed by atoms with van der Waals surface area (Å²) in [6.07, 6.45) is 8.92. The molecule has 2 aliphatic rings. The Morgan fingerprint density at radius 2 is 2.04 bits per heavy atom. The molecule has 1 heterocycles. The summed E-state index contributed by atoms with van der Waals surface area (Å²) in [7, 11) is -3.54.